The van der Waals surface area contributed by atoms with E-state index in [9.17, 15) is 9.59 Å². The molecule has 0 radical (unpaired) electrons. The van der Waals surface area contributed by atoms with Gasteiger partial charge in [-0.1, -0.05) is 36.9 Å². The van der Waals surface area contributed by atoms with E-state index >= 15 is 0 Å². The highest BCUT2D eigenvalue weighted by atomic mass is 16.5. The van der Waals surface area contributed by atoms with Crippen molar-refractivity contribution in [3.8, 4) is 5.75 Å². The van der Waals surface area contributed by atoms with E-state index in [-0.39, 0.29) is 18.4 Å². The fourth-order valence-corrected chi connectivity index (χ4v) is 3.15. The topological polar surface area (TPSA) is 70.7 Å². The summed E-state index contributed by atoms with van der Waals surface area (Å²) in [5.74, 6) is 0.404. The zero-order valence-corrected chi connectivity index (χ0v) is 18.1. The second kappa shape index (κ2) is 11.4. The number of nitrogens with one attached hydrogen (secondary N) is 2. The van der Waals surface area contributed by atoms with Gasteiger partial charge >= 0.3 is 0 Å². The van der Waals surface area contributed by atoms with Gasteiger partial charge in [-0.3, -0.25) is 9.59 Å². The van der Waals surface area contributed by atoms with Crippen molar-refractivity contribution in [1.82, 2.24) is 0 Å². The molecule has 0 saturated carbocycles. The minimum atomic E-state index is -0.211. The molecule has 32 heavy (non-hydrogen) atoms. The molecule has 3 rings (SSSR count). The first-order chi connectivity index (χ1) is 15.6. The van der Waals surface area contributed by atoms with E-state index in [1.54, 1.807) is 35.2 Å². The second-order valence-corrected chi connectivity index (χ2v) is 6.99. The van der Waals surface area contributed by atoms with Crippen LogP contribution < -0.4 is 20.3 Å². The molecule has 164 valence electrons. The molecule has 2 amide bonds. The Hall–Kier alpha value is -4.06. The van der Waals surface area contributed by atoms with E-state index in [4.69, 9.17) is 4.74 Å². The maximum atomic E-state index is 13.0. The number of para-hydroxylation sites is 1. The average Bonchev–Trinajstić information content (AvgIpc) is 2.83. The van der Waals surface area contributed by atoms with Crippen LogP contribution in [-0.4, -0.2) is 31.5 Å². The van der Waals surface area contributed by atoms with Crippen molar-refractivity contribution in [3.05, 3.63) is 97.1 Å². The summed E-state index contributed by atoms with van der Waals surface area (Å²) in [7, 11) is 0. The van der Waals surface area contributed by atoms with Crippen molar-refractivity contribution in [2.75, 3.05) is 35.2 Å². The van der Waals surface area contributed by atoms with Crippen molar-refractivity contribution < 1.29 is 14.3 Å². The minimum absolute atomic E-state index is 0.0934. The summed E-state index contributed by atoms with van der Waals surface area (Å²) in [5.41, 5.74) is 2.72. The van der Waals surface area contributed by atoms with Gasteiger partial charge < -0.3 is 20.3 Å². The van der Waals surface area contributed by atoms with Gasteiger partial charge in [-0.15, -0.1) is 0 Å². The first-order valence-electron chi connectivity index (χ1n) is 10.4. The number of ether oxygens (including phenoxy) is 1. The van der Waals surface area contributed by atoms with Crippen molar-refractivity contribution in [2.45, 2.75) is 6.92 Å². The molecule has 0 heterocycles. The molecule has 0 aliphatic carbocycles. The number of nitrogens with zero attached hydrogens (tertiary/aromatic N) is 1. The van der Waals surface area contributed by atoms with Crippen molar-refractivity contribution >= 4 is 28.9 Å². The first kappa shape index (κ1) is 22.6. The van der Waals surface area contributed by atoms with Crippen LogP contribution in [0.25, 0.3) is 0 Å². The summed E-state index contributed by atoms with van der Waals surface area (Å²) in [6.45, 7) is 6.62. The summed E-state index contributed by atoms with van der Waals surface area (Å²) >= 11 is 0. The normalized spacial score (nSPS) is 10.2. The van der Waals surface area contributed by atoms with Crippen molar-refractivity contribution in [3.63, 3.8) is 0 Å². The number of hydrogen-bond donors (Lipinski definition) is 2. The van der Waals surface area contributed by atoms with Crippen LogP contribution in [0, 0.1) is 0 Å². The number of benzene rings is 3. The Balaban J connectivity index is 1.58. The molecule has 0 saturated heterocycles. The van der Waals surface area contributed by atoms with Crippen LogP contribution >= 0.6 is 0 Å². The van der Waals surface area contributed by atoms with E-state index in [1.165, 1.54) is 0 Å². The van der Waals surface area contributed by atoms with Crippen LogP contribution in [0.2, 0.25) is 0 Å². The number of hydrogen-bond acceptors (Lipinski definition) is 4. The van der Waals surface area contributed by atoms with E-state index in [2.05, 4.69) is 17.2 Å². The number of carbonyl (C=O) groups excluding carboxylic acids is 2. The molecular formula is C26H27N3O3. The molecule has 0 unspecified atom stereocenters. The fraction of sp³-hybridized carbons (Fsp3) is 0.154. The molecule has 3 aromatic carbocycles. The molecule has 0 atom stereocenters. The Morgan fingerprint density at radius 1 is 0.969 bits per heavy atom. The van der Waals surface area contributed by atoms with E-state index in [1.807, 2.05) is 61.5 Å². The van der Waals surface area contributed by atoms with Gasteiger partial charge in [-0.2, -0.15) is 0 Å². The largest absolute Gasteiger partial charge is 0.490 e. The summed E-state index contributed by atoms with van der Waals surface area (Å²) in [5, 5.41) is 5.91. The predicted octanol–water partition coefficient (Wildman–Crippen LogP) is 4.97. The number of amides is 2. The summed E-state index contributed by atoms with van der Waals surface area (Å²) in [6.07, 6.45) is 1.68. The number of carbonyl (C=O) groups is 2. The monoisotopic (exact) mass is 429 g/mol. The van der Waals surface area contributed by atoms with Gasteiger partial charge in [0.1, 0.15) is 12.4 Å². The first-order valence-corrected chi connectivity index (χ1v) is 10.4. The lowest BCUT2D eigenvalue weighted by Gasteiger charge is -2.21. The maximum absolute atomic E-state index is 13.0. The zero-order valence-electron chi connectivity index (χ0n) is 18.1. The third-order valence-corrected chi connectivity index (χ3v) is 4.70. The lowest BCUT2D eigenvalue weighted by atomic mass is 10.1. The SMILES string of the molecule is C=CCOc1ccc(NCC(=O)Nc2cccc(C(=O)N(CC)c3ccccc3)c2)cc1. The van der Waals surface area contributed by atoms with E-state index < -0.39 is 0 Å². The summed E-state index contributed by atoms with van der Waals surface area (Å²) < 4.78 is 5.44. The molecule has 0 aliphatic heterocycles. The predicted molar refractivity (Wildman–Crippen MR) is 129 cm³/mol. The Morgan fingerprint density at radius 2 is 1.72 bits per heavy atom. The van der Waals surface area contributed by atoms with Crippen LogP contribution in [0.4, 0.5) is 17.1 Å². The molecule has 2 N–H and O–H groups in total. The number of anilines is 3. The molecule has 0 bridgehead atoms. The Morgan fingerprint density at radius 3 is 2.41 bits per heavy atom. The zero-order chi connectivity index (χ0) is 22.8. The quantitative estimate of drug-likeness (QED) is 0.447. The van der Waals surface area contributed by atoms with Crippen molar-refractivity contribution in [1.29, 1.82) is 0 Å². The minimum Gasteiger partial charge on any atom is -0.490 e. The summed E-state index contributed by atoms with van der Waals surface area (Å²) in [4.78, 5) is 27.1. The van der Waals surface area contributed by atoms with E-state index in [0.29, 0.717) is 24.4 Å². The highest BCUT2D eigenvalue weighted by Gasteiger charge is 2.16. The van der Waals surface area contributed by atoms with Crippen LogP contribution in [0.15, 0.2) is 91.5 Å². The van der Waals surface area contributed by atoms with Gasteiger partial charge in [0.25, 0.3) is 5.91 Å². The van der Waals surface area contributed by atoms with Crippen LogP contribution in [0.3, 0.4) is 0 Å². The Labute approximate surface area is 188 Å². The van der Waals surface area contributed by atoms with Gasteiger partial charge in [-0.25, -0.2) is 0 Å². The third-order valence-electron chi connectivity index (χ3n) is 4.70. The molecule has 3 aromatic rings. The van der Waals surface area contributed by atoms with Crippen LogP contribution in [-0.2, 0) is 4.79 Å². The standard InChI is InChI=1S/C26H27N3O3/c1-3-17-32-24-15-13-21(14-16-24)27-19-25(30)28-22-10-8-9-20(18-22)26(31)29(4-2)23-11-6-5-7-12-23/h3,5-16,18,27H,1,4,17,19H2,2H3,(H,28,30). The molecule has 0 aromatic heterocycles. The van der Waals surface area contributed by atoms with Crippen LogP contribution in [0.1, 0.15) is 17.3 Å². The highest BCUT2D eigenvalue weighted by Crippen LogP contribution is 2.19. The van der Waals surface area contributed by atoms with Crippen LogP contribution in [0.5, 0.6) is 5.75 Å². The third kappa shape index (κ3) is 6.22. The average molecular weight is 430 g/mol. The molecular weight excluding hydrogens is 402 g/mol. The second-order valence-electron chi connectivity index (χ2n) is 6.99. The summed E-state index contributed by atoms with van der Waals surface area (Å²) in [6, 6.07) is 23.8. The van der Waals surface area contributed by atoms with Gasteiger partial charge in [-0.05, 0) is 61.5 Å². The Bertz CT molecular complexity index is 1050. The fourth-order valence-electron chi connectivity index (χ4n) is 3.15. The molecule has 0 spiro atoms. The van der Waals surface area contributed by atoms with E-state index in [0.717, 1.165) is 17.1 Å². The number of rotatable bonds is 10. The maximum Gasteiger partial charge on any atom is 0.258 e. The smallest absolute Gasteiger partial charge is 0.258 e. The van der Waals surface area contributed by atoms with Gasteiger partial charge in [0.2, 0.25) is 5.91 Å². The molecule has 6 nitrogen and oxygen atoms in total. The molecule has 0 aliphatic rings. The lowest BCUT2D eigenvalue weighted by Crippen LogP contribution is -2.30. The van der Waals surface area contributed by atoms with Gasteiger partial charge in [0.05, 0.1) is 6.54 Å². The van der Waals surface area contributed by atoms with Crippen molar-refractivity contribution in [2.24, 2.45) is 0 Å². The molecule has 0 fully saturated rings. The Kier molecular flexibility index (Phi) is 8.03. The molecule has 6 heteroatoms. The highest BCUT2D eigenvalue weighted by molar-refractivity contribution is 6.07. The lowest BCUT2D eigenvalue weighted by molar-refractivity contribution is -0.114. The van der Waals surface area contributed by atoms with Gasteiger partial charge in [0, 0.05) is 29.2 Å². The van der Waals surface area contributed by atoms with Gasteiger partial charge in [0.15, 0.2) is 0 Å².